The summed E-state index contributed by atoms with van der Waals surface area (Å²) in [5, 5.41) is 9.94. The van der Waals surface area contributed by atoms with Gasteiger partial charge in [0.15, 0.2) is 0 Å². The van der Waals surface area contributed by atoms with Gasteiger partial charge in [-0.3, -0.25) is 14.5 Å². The molecule has 1 amide bonds. The normalized spacial score (nSPS) is 29.3. The van der Waals surface area contributed by atoms with Gasteiger partial charge in [-0.1, -0.05) is 25.0 Å². The number of hydrogen-bond acceptors (Lipinski definition) is 3. The smallest absolute Gasteiger partial charge is 0.313 e. The number of likely N-dealkylation sites (tertiary alicyclic amines) is 2. The first-order valence-corrected chi connectivity index (χ1v) is 9.47. The van der Waals surface area contributed by atoms with E-state index in [1.807, 2.05) is 6.07 Å². The van der Waals surface area contributed by atoms with Crippen molar-refractivity contribution >= 4 is 11.9 Å². The number of carbonyl (C=O) groups is 2. The van der Waals surface area contributed by atoms with Gasteiger partial charge in [0.05, 0.1) is 0 Å². The van der Waals surface area contributed by atoms with E-state index in [4.69, 9.17) is 0 Å². The van der Waals surface area contributed by atoms with E-state index in [2.05, 4.69) is 4.90 Å². The number of fused-ring (bicyclic) bond motifs is 1. The van der Waals surface area contributed by atoms with Gasteiger partial charge in [0.1, 0.15) is 11.2 Å². The Hall–Kier alpha value is -1.95. The largest absolute Gasteiger partial charge is 0.481 e. The quantitative estimate of drug-likeness (QED) is 0.895. The molecule has 1 saturated carbocycles. The molecule has 1 aromatic carbocycles. The lowest BCUT2D eigenvalue weighted by molar-refractivity contribution is -0.149. The van der Waals surface area contributed by atoms with Crippen LogP contribution in [-0.2, 0) is 16.1 Å². The van der Waals surface area contributed by atoms with Crippen LogP contribution in [0.3, 0.4) is 0 Å². The molecule has 2 aliphatic heterocycles. The minimum Gasteiger partial charge on any atom is -0.481 e. The summed E-state index contributed by atoms with van der Waals surface area (Å²) in [5.74, 6) is -0.912. The number of rotatable bonds is 4. The summed E-state index contributed by atoms with van der Waals surface area (Å²) in [6.07, 6.45) is 4.07. The van der Waals surface area contributed by atoms with Crippen LogP contribution in [0.2, 0.25) is 0 Å². The lowest BCUT2D eigenvalue weighted by atomic mass is 9.81. The van der Waals surface area contributed by atoms with Gasteiger partial charge in [-0.25, -0.2) is 4.39 Å². The number of benzene rings is 1. The van der Waals surface area contributed by atoms with Crippen LogP contribution < -0.4 is 0 Å². The van der Waals surface area contributed by atoms with Crippen LogP contribution in [0.25, 0.3) is 0 Å². The Morgan fingerprint density at radius 3 is 2.62 bits per heavy atom. The average molecular weight is 360 g/mol. The third-order valence-electron chi connectivity index (χ3n) is 6.42. The van der Waals surface area contributed by atoms with Crippen molar-refractivity contribution in [1.29, 1.82) is 0 Å². The molecule has 5 nitrogen and oxygen atoms in total. The second-order valence-electron chi connectivity index (χ2n) is 8.16. The van der Waals surface area contributed by atoms with Gasteiger partial charge >= 0.3 is 5.97 Å². The SMILES string of the molecule is O=C(C1CCCC1)N1CC2CN(Cc3cccc(F)c3)CC2(C(=O)O)C1. The molecular formula is C20H25FN2O3. The van der Waals surface area contributed by atoms with Crippen molar-refractivity contribution in [3.63, 3.8) is 0 Å². The van der Waals surface area contributed by atoms with Crippen molar-refractivity contribution in [2.45, 2.75) is 32.2 Å². The predicted octanol–water partition coefficient (Wildman–Crippen LogP) is 2.36. The minimum absolute atomic E-state index is 0.0566. The lowest BCUT2D eigenvalue weighted by Crippen LogP contribution is -2.42. The number of carbonyl (C=O) groups excluding carboxylic acids is 1. The van der Waals surface area contributed by atoms with Crippen molar-refractivity contribution in [2.24, 2.45) is 17.3 Å². The highest BCUT2D eigenvalue weighted by Gasteiger charge is 2.58. The van der Waals surface area contributed by atoms with Gasteiger partial charge in [-0.15, -0.1) is 0 Å². The summed E-state index contributed by atoms with van der Waals surface area (Å²) in [6, 6.07) is 6.45. The summed E-state index contributed by atoms with van der Waals surface area (Å²) in [7, 11) is 0. The fourth-order valence-electron chi connectivity index (χ4n) is 5.08. The second-order valence-corrected chi connectivity index (χ2v) is 8.16. The third-order valence-corrected chi connectivity index (χ3v) is 6.42. The number of aliphatic carboxylic acids is 1. The molecule has 0 spiro atoms. The standard InChI is InChI=1S/C20H25FN2O3/c21-17-7-3-4-14(8-17)9-22-10-16-11-23(13-20(16,12-22)19(25)26)18(24)15-5-1-2-6-15/h3-4,7-8,15-16H,1-2,5-6,9-13H2,(H,25,26). The molecule has 6 heteroatoms. The van der Waals surface area contributed by atoms with Gasteiger partial charge in [-0.05, 0) is 30.5 Å². The maximum absolute atomic E-state index is 13.4. The molecule has 0 aromatic heterocycles. The predicted molar refractivity (Wildman–Crippen MR) is 93.8 cm³/mol. The van der Waals surface area contributed by atoms with E-state index in [0.29, 0.717) is 32.7 Å². The Bertz CT molecular complexity index is 719. The molecule has 2 unspecified atom stereocenters. The van der Waals surface area contributed by atoms with Crippen LogP contribution >= 0.6 is 0 Å². The Morgan fingerprint density at radius 2 is 1.96 bits per heavy atom. The number of amides is 1. The van der Waals surface area contributed by atoms with E-state index in [-0.39, 0.29) is 23.6 Å². The van der Waals surface area contributed by atoms with E-state index < -0.39 is 11.4 Å². The second kappa shape index (κ2) is 6.65. The molecule has 1 aliphatic carbocycles. The highest BCUT2D eigenvalue weighted by Crippen LogP contribution is 2.44. The zero-order chi connectivity index (χ0) is 18.3. The van der Waals surface area contributed by atoms with E-state index in [0.717, 1.165) is 31.2 Å². The minimum atomic E-state index is -0.887. The van der Waals surface area contributed by atoms with Crippen LogP contribution in [0, 0.1) is 23.1 Å². The fourth-order valence-corrected chi connectivity index (χ4v) is 5.08. The Kier molecular flexibility index (Phi) is 4.47. The van der Waals surface area contributed by atoms with Gasteiger partial charge in [0.25, 0.3) is 0 Å². The summed E-state index contributed by atoms with van der Waals surface area (Å²) in [4.78, 5) is 28.7. The molecule has 2 saturated heterocycles. The molecule has 1 N–H and O–H groups in total. The van der Waals surface area contributed by atoms with Crippen LogP contribution in [0.15, 0.2) is 24.3 Å². The average Bonchev–Trinajstić information content (AvgIpc) is 3.28. The molecule has 4 rings (SSSR count). The fraction of sp³-hybridized carbons (Fsp3) is 0.600. The summed E-state index contributed by atoms with van der Waals surface area (Å²) < 4.78 is 13.4. The lowest BCUT2D eigenvalue weighted by Gasteiger charge is -2.27. The molecule has 1 aromatic rings. The van der Waals surface area contributed by atoms with Crippen LogP contribution in [-0.4, -0.2) is 53.0 Å². The Balaban J connectivity index is 1.46. The van der Waals surface area contributed by atoms with Crippen LogP contribution in [0.1, 0.15) is 31.2 Å². The molecule has 3 fully saturated rings. The zero-order valence-electron chi connectivity index (χ0n) is 14.9. The van der Waals surface area contributed by atoms with Crippen molar-refractivity contribution < 1.29 is 19.1 Å². The van der Waals surface area contributed by atoms with Gasteiger partial charge < -0.3 is 10.0 Å². The maximum Gasteiger partial charge on any atom is 0.313 e. The van der Waals surface area contributed by atoms with Crippen molar-refractivity contribution in [3.05, 3.63) is 35.6 Å². The highest BCUT2D eigenvalue weighted by atomic mass is 19.1. The van der Waals surface area contributed by atoms with E-state index in [1.165, 1.54) is 12.1 Å². The molecule has 2 atom stereocenters. The highest BCUT2D eigenvalue weighted by molar-refractivity contribution is 5.83. The number of halogens is 1. The van der Waals surface area contributed by atoms with E-state index >= 15 is 0 Å². The zero-order valence-corrected chi connectivity index (χ0v) is 14.9. The molecule has 140 valence electrons. The van der Waals surface area contributed by atoms with E-state index in [9.17, 15) is 19.1 Å². The first-order chi connectivity index (χ1) is 12.5. The molecule has 0 radical (unpaired) electrons. The molecule has 3 aliphatic rings. The molecular weight excluding hydrogens is 335 g/mol. The summed E-state index contributed by atoms with van der Waals surface area (Å²) in [6.45, 7) is 2.43. The third kappa shape index (κ3) is 3.00. The van der Waals surface area contributed by atoms with Crippen LogP contribution in [0.4, 0.5) is 4.39 Å². The number of carboxylic acid groups (broad SMARTS) is 1. The molecule has 2 heterocycles. The van der Waals surface area contributed by atoms with Gasteiger partial charge in [-0.2, -0.15) is 0 Å². The summed E-state index contributed by atoms with van der Waals surface area (Å²) in [5.41, 5.74) is -0.0360. The van der Waals surface area contributed by atoms with Crippen LogP contribution in [0.5, 0.6) is 0 Å². The Morgan fingerprint density at radius 1 is 1.19 bits per heavy atom. The molecule has 0 bridgehead atoms. The number of carboxylic acids is 1. The number of hydrogen-bond donors (Lipinski definition) is 1. The topological polar surface area (TPSA) is 60.9 Å². The Labute approximate surface area is 152 Å². The maximum atomic E-state index is 13.4. The van der Waals surface area contributed by atoms with Crippen molar-refractivity contribution in [2.75, 3.05) is 26.2 Å². The van der Waals surface area contributed by atoms with E-state index in [1.54, 1.807) is 11.0 Å². The first-order valence-electron chi connectivity index (χ1n) is 9.47. The monoisotopic (exact) mass is 360 g/mol. The van der Waals surface area contributed by atoms with Crippen molar-refractivity contribution in [3.8, 4) is 0 Å². The van der Waals surface area contributed by atoms with Gasteiger partial charge in [0.2, 0.25) is 5.91 Å². The van der Waals surface area contributed by atoms with Gasteiger partial charge in [0, 0.05) is 44.6 Å². The van der Waals surface area contributed by atoms with Crippen molar-refractivity contribution in [1.82, 2.24) is 9.80 Å². The molecule has 26 heavy (non-hydrogen) atoms. The first kappa shape index (κ1) is 17.5. The number of nitrogens with zero attached hydrogens (tertiary/aromatic N) is 2. The summed E-state index contributed by atoms with van der Waals surface area (Å²) >= 11 is 0.